The summed E-state index contributed by atoms with van der Waals surface area (Å²) in [6.45, 7) is 1.16. The third-order valence-corrected chi connectivity index (χ3v) is 7.18. The highest BCUT2D eigenvalue weighted by molar-refractivity contribution is 7.89. The average molecular weight is 497 g/mol. The van der Waals surface area contributed by atoms with Gasteiger partial charge >= 0.3 is 0 Å². The molecule has 0 saturated carbocycles. The fourth-order valence-electron chi connectivity index (χ4n) is 3.46. The van der Waals surface area contributed by atoms with Crippen molar-refractivity contribution in [1.82, 2.24) is 14.1 Å². The summed E-state index contributed by atoms with van der Waals surface area (Å²) in [6.07, 6.45) is 0. The van der Waals surface area contributed by atoms with Gasteiger partial charge in [0, 0.05) is 18.2 Å². The number of rotatable bonds is 8. The minimum Gasteiger partial charge on any atom is -0.309 e. The van der Waals surface area contributed by atoms with E-state index in [-0.39, 0.29) is 17.3 Å². The first-order chi connectivity index (χ1) is 16.8. The fraction of sp³-hybridized carbons (Fsp3) is 0.120. The molecular weight excluding hydrogens is 474 g/mol. The zero-order valence-electron chi connectivity index (χ0n) is 18.7. The first-order valence-electron chi connectivity index (χ1n) is 10.7. The van der Waals surface area contributed by atoms with E-state index >= 15 is 0 Å². The van der Waals surface area contributed by atoms with Crippen LogP contribution in [-0.2, 0) is 14.8 Å². The lowest BCUT2D eigenvalue weighted by molar-refractivity contribution is -0.116. The molecule has 0 saturated heterocycles. The van der Waals surface area contributed by atoms with Gasteiger partial charge in [0.1, 0.15) is 17.5 Å². The van der Waals surface area contributed by atoms with Crippen molar-refractivity contribution in [2.45, 2.75) is 11.8 Å². The normalized spacial score (nSPS) is 11.5. The highest BCUT2D eigenvalue weighted by Crippen LogP contribution is 2.25. The van der Waals surface area contributed by atoms with Crippen LogP contribution in [0.15, 0.2) is 89.8 Å². The predicted molar refractivity (Wildman–Crippen MR) is 128 cm³/mol. The summed E-state index contributed by atoms with van der Waals surface area (Å²) in [7, 11) is -4.02. The Labute approximate surface area is 201 Å². The summed E-state index contributed by atoms with van der Waals surface area (Å²) in [5.74, 6) is -1.29. The molecule has 180 valence electrons. The summed E-state index contributed by atoms with van der Waals surface area (Å²) in [5.41, 5.74) is 1.88. The molecule has 4 aromatic rings. The standard InChI is InChI=1S/C25H22F2N4O3S/c1-2-30(35(33,34)22-14-10-20(27)11-15-22)17-25(32)28-24-16-23(18-6-4-3-5-7-18)29-31(24)21-12-8-19(26)9-13-21/h3-16H,2,17H2,1H3,(H,28,32). The van der Waals surface area contributed by atoms with Crippen LogP contribution in [0.5, 0.6) is 0 Å². The van der Waals surface area contributed by atoms with Crippen LogP contribution in [0.4, 0.5) is 14.6 Å². The molecule has 0 radical (unpaired) electrons. The molecule has 1 aromatic heterocycles. The number of hydrogen-bond acceptors (Lipinski definition) is 4. The molecule has 0 atom stereocenters. The number of carbonyl (C=O) groups excluding carboxylic acids is 1. The Hall–Kier alpha value is -3.89. The monoisotopic (exact) mass is 496 g/mol. The van der Waals surface area contributed by atoms with E-state index < -0.39 is 34.1 Å². The molecule has 0 bridgehead atoms. The molecule has 0 spiro atoms. The topological polar surface area (TPSA) is 84.3 Å². The second-order valence-electron chi connectivity index (χ2n) is 7.60. The SMILES string of the molecule is CCN(CC(=O)Nc1cc(-c2ccccc2)nn1-c1ccc(F)cc1)S(=O)(=O)c1ccc(F)cc1. The van der Waals surface area contributed by atoms with Crippen LogP contribution in [0.3, 0.4) is 0 Å². The lowest BCUT2D eigenvalue weighted by Crippen LogP contribution is -2.38. The lowest BCUT2D eigenvalue weighted by Gasteiger charge is -2.20. The Balaban J connectivity index is 1.62. The zero-order chi connectivity index (χ0) is 25.0. The molecule has 4 rings (SSSR count). The van der Waals surface area contributed by atoms with Gasteiger partial charge in [-0.1, -0.05) is 37.3 Å². The van der Waals surface area contributed by atoms with E-state index in [0.29, 0.717) is 11.4 Å². The fourth-order valence-corrected chi connectivity index (χ4v) is 4.87. The molecule has 1 N–H and O–H groups in total. The summed E-state index contributed by atoms with van der Waals surface area (Å²) < 4.78 is 55.0. The van der Waals surface area contributed by atoms with E-state index in [4.69, 9.17) is 0 Å². The maximum Gasteiger partial charge on any atom is 0.243 e. The molecule has 0 unspecified atom stereocenters. The van der Waals surface area contributed by atoms with Crippen LogP contribution in [0.1, 0.15) is 6.92 Å². The number of nitrogens with zero attached hydrogens (tertiary/aromatic N) is 3. The molecule has 10 heteroatoms. The van der Waals surface area contributed by atoms with Crippen molar-refractivity contribution in [3.63, 3.8) is 0 Å². The molecule has 3 aromatic carbocycles. The second-order valence-corrected chi connectivity index (χ2v) is 9.54. The van der Waals surface area contributed by atoms with Crippen LogP contribution < -0.4 is 5.32 Å². The zero-order valence-corrected chi connectivity index (χ0v) is 19.5. The summed E-state index contributed by atoms with van der Waals surface area (Å²) in [5, 5.41) is 7.26. The molecule has 1 heterocycles. The van der Waals surface area contributed by atoms with Gasteiger partial charge in [-0.25, -0.2) is 21.9 Å². The Morgan fingerprint density at radius 3 is 2.14 bits per heavy atom. The van der Waals surface area contributed by atoms with Crippen LogP contribution in [0.25, 0.3) is 16.9 Å². The number of amides is 1. The minimum atomic E-state index is -4.02. The van der Waals surface area contributed by atoms with Crippen LogP contribution >= 0.6 is 0 Å². The lowest BCUT2D eigenvalue weighted by atomic mass is 10.2. The number of hydrogen-bond donors (Lipinski definition) is 1. The Bertz CT molecular complexity index is 1420. The Kier molecular flexibility index (Phi) is 7.04. The van der Waals surface area contributed by atoms with Gasteiger partial charge in [-0.2, -0.15) is 9.40 Å². The van der Waals surface area contributed by atoms with Gasteiger partial charge in [0.25, 0.3) is 0 Å². The van der Waals surface area contributed by atoms with Gasteiger partial charge < -0.3 is 5.32 Å². The van der Waals surface area contributed by atoms with E-state index in [1.807, 2.05) is 30.3 Å². The van der Waals surface area contributed by atoms with Gasteiger partial charge in [0.15, 0.2) is 0 Å². The summed E-state index contributed by atoms with van der Waals surface area (Å²) >= 11 is 0. The molecular formula is C25H22F2N4O3S. The third-order valence-electron chi connectivity index (χ3n) is 5.24. The van der Waals surface area contributed by atoms with Crippen LogP contribution in [0.2, 0.25) is 0 Å². The van der Waals surface area contributed by atoms with Gasteiger partial charge in [-0.05, 0) is 48.5 Å². The van der Waals surface area contributed by atoms with Crippen molar-refractivity contribution in [2.24, 2.45) is 0 Å². The minimum absolute atomic E-state index is 0.0274. The van der Waals surface area contributed by atoms with Crippen LogP contribution in [-0.4, -0.2) is 41.5 Å². The highest BCUT2D eigenvalue weighted by Gasteiger charge is 2.26. The summed E-state index contributed by atoms with van der Waals surface area (Å²) in [4.78, 5) is 12.8. The molecule has 7 nitrogen and oxygen atoms in total. The highest BCUT2D eigenvalue weighted by atomic mass is 32.2. The smallest absolute Gasteiger partial charge is 0.243 e. The van der Waals surface area contributed by atoms with Gasteiger partial charge in [0.2, 0.25) is 15.9 Å². The van der Waals surface area contributed by atoms with E-state index in [9.17, 15) is 22.0 Å². The average Bonchev–Trinajstić information content (AvgIpc) is 3.27. The number of aromatic nitrogens is 2. The van der Waals surface area contributed by atoms with Crippen molar-refractivity contribution in [2.75, 3.05) is 18.4 Å². The summed E-state index contributed by atoms with van der Waals surface area (Å²) in [6, 6.07) is 20.9. The number of nitrogens with one attached hydrogen (secondary N) is 1. The Morgan fingerprint density at radius 2 is 1.54 bits per heavy atom. The molecule has 0 aliphatic carbocycles. The number of anilines is 1. The first-order valence-corrected chi connectivity index (χ1v) is 12.2. The van der Waals surface area contributed by atoms with Crippen molar-refractivity contribution in [1.29, 1.82) is 0 Å². The largest absolute Gasteiger partial charge is 0.309 e. The number of sulfonamides is 1. The molecule has 1 amide bonds. The van der Waals surface area contributed by atoms with Gasteiger partial charge in [0.05, 0.1) is 22.8 Å². The molecule has 0 fully saturated rings. The third kappa shape index (κ3) is 5.44. The maximum absolute atomic E-state index is 13.5. The van der Waals surface area contributed by atoms with Crippen molar-refractivity contribution < 1.29 is 22.0 Å². The predicted octanol–water partition coefficient (Wildman–Crippen LogP) is 4.47. The molecule has 35 heavy (non-hydrogen) atoms. The second kappa shape index (κ2) is 10.2. The number of benzene rings is 3. The van der Waals surface area contributed by atoms with E-state index in [2.05, 4.69) is 10.4 Å². The van der Waals surface area contributed by atoms with Crippen molar-refractivity contribution in [3.8, 4) is 16.9 Å². The van der Waals surface area contributed by atoms with Gasteiger partial charge in [-0.3, -0.25) is 4.79 Å². The molecule has 0 aliphatic rings. The number of likely N-dealkylation sites (N-methyl/N-ethyl adjacent to an activating group) is 1. The van der Waals surface area contributed by atoms with Crippen molar-refractivity contribution in [3.05, 3.63) is 96.6 Å². The van der Waals surface area contributed by atoms with Gasteiger partial charge in [-0.15, -0.1) is 0 Å². The van der Waals surface area contributed by atoms with E-state index in [1.165, 1.54) is 28.9 Å². The number of halogens is 2. The Morgan fingerprint density at radius 1 is 0.943 bits per heavy atom. The maximum atomic E-state index is 13.5. The van der Waals surface area contributed by atoms with Crippen molar-refractivity contribution >= 4 is 21.7 Å². The van der Waals surface area contributed by atoms with Crippen LogP contribution in [0, 0.1) is 11.6 Å². The van der Waals surface area contributed by atoms with E-state index in [0.717, 1.165) is 34.1 Å². The number of carbonyl (C=O) groups is 1. The van der Waals surface area contributed by atoms with E-state index in [1.54, 1.807) is 13.0 Å². The first kappa shape index (κ1) is 24.2. The quantitative estimate of drug-likeness (QED) is 0.390. The molecule has 0 aliphatic heterocycles.